The SMILES string of the molecule is O=S1CCN(CC2(CNC3CC3)CCOCC2)CC1. The van der Waals surface area contributed by atoms with Gasteiger partial charge in [0.05, 0.1) is 0 Å². The lowest BCUT2D eigenvalue weighted by atomic mass is 9.79. The van der Waals surface area contributed by atoms with Crippen molar-refractivity contribution in [3.8, 4) is 0 Å². The molecule has 0 radical (unpaired) electrons. The largest absolute Gasteiger partial charge is 0.381 e. The fourth-order valence-corrected chi connectivity index (χ4v) is 4.28. The van der Waals surface area contributed by atoms with Crippen molar-refractivity contribution in [2.24, 2.45) is 5.41 Å². The van der Waals surface area contributed by atoms with Crippen LogP contribution in [-0.4, -0.2) is 66.0 Å². The molecule has 2 aliphatic heterocycles. The fourth-order valence-electron chi connectivity index (χ4n) is 3.15. The maximum absolute atomic E-state index is 11.5. The van der Waals surface area contributed by atoms with E-state index >= 15 is 0 Å². The van der Waals surface area contributed by atoms with Gasteiger partial charge in [0.1, 0.15) is 0 Å². The molecule has 19 heavy (non-hydrogen) atoms. The van der Waals surface area contributed by atoms with E-state index in [1.54, 1.807) is 0 Å². The van der Waals surface area contributed by atoms with Gasteiger partial charge in [-0.1, -0.05) is 0 Å². The van der Waals surface area contributed by atoms with Gasteiger partial charge >= 0.3 is 0 Å². The van der Waals surface area contributed by atoms with Gasteiger partial charge in [0.2, 0.25) is 0 Å². The van der Waals surface area contributed by atoms with Crippen molar-refractivity contribution in [2.75, 3.05) is 50.9 Å². The summed E-state index contributed by atoms with van der Waals surface area (Å²) in [5.41, 5.74) is 0.389. The molecule has 0 unspecified atom stereocenters. The quantitative estimate of drug-likeness (QED) is 0.804. The Hall–Kier alpha value is 0.0300. The second-order valence-corrected chi connectivity index (χ2v) is 8.09. The minimum atomic E-state index is -0.564. The third kappa shape index (κ3) is 4.00. The number of nitrogens with zero attached hydrogens (tertiary/aromatic N) is 1. The summed E-state index contributed by atoms with van der Waals surface area (Å²) in [4.78, 5) is 2.53. The maximum atomic E-state index is 11.5. The summed E-state index contributed by atoms with van der Waals surface area (Å²) >= 11 is 0. The van der Waals surface area contributed by atoms with Crippen LogP contribution < -0.4 is 5.32 Å². The topological polar surface area (TPSA) is 41.6 Å². The molecular weight excluding hydrogens is 260 g/mol. The second kappa shape index (κ2) is 6.20. The van der Waals surface area contributed by atoms with Crippen molar-refractivity contribution < 1.29 is 8.95 Å². The van der Waals surface area contributed by atoms with Crippen LogP contribution in [0.25, 0.3) is 0 Å². The molecule has 0 spiro atoms. The summed E-state index contributed by atoms with van der Waals surface area (Å²) in [5, 5.41) is 3.72. The lowest BCUT2D eigenvalue weighted by Crippen LogP contribution is -2.50. The van der Waals surface area contributed by atoms with Gasteiger partial charge < -0.3 is 15.0 Å². The first-order valence-electron chi connectivity index (χ1n) is 7.64. The van der Waals surface area contributed by atoms with E-state index in [-0.39, 0.29) is 0 Å². The minimum absolute atomic E-state index is 0.389. The summed E-state index contributed by atoms with van der Waals surface area (Å²) in [6, 6.07) is 0.786. The lowest BCUT2D eigenvalue weighted by Gasteiger charge is -2.42. The van der Waals surface area contributed by atoms with Gasteiger partial charge in [-0.3, -0.25) is 4.21 Å². The molecule has 0 aromatic rings. The van der Waals surface area contributed by atoms with Crippen molar-refractivity contribution in [1.82, 2.24) is 10.2 Å². The van der Waals surface area contributed by atoms with Crippen molar-refractivity contribution >= 4 is 10.8 Å². The maximum Gasteiger partial charge on any atom is 0.0472 e. The highest BCUT2D eigenvalue weighted by Gasteiger charge is 2.36. The molecule has 5 heteroatoms. The van der Waals surface area contributed by atoms with E-state index in [0.29, 0.717) is 5.41 Å². The standard InChI is InChI=1S/C14H26N2O2S/c17-19-9-5-16(6-10-19)12-14(3-7-18-8-4-14)11-15-13-1-2-13/h13,15H,1-12H2. The summed E-state index contributed by atoms with van der Waals surface area (Å²) in [6.07, 6.45) is 5.06. The first kappa shape index (κ1) is 14.0. The van der Waals surface area contributed by atoms with Crippen molar-refractivity contribution in [2.45, 2.75) is 31.7 Å². The Morgan fingerprint density at radius 1 is 1.21 bits per heavy atom. The zero-order chi connectivity index (χ0) is 13.1. The molecule has 0 bridgehead atoms. The summed E-state index contributed by atoms with van der Waals surface area (Å²) in [5.74, 6) is 1.73. The molecule has 3 fully saturated rings. The number of rotatable bonds is 5. The van der Waals surface area contributed by atoms with E-state index in [2.05, 4.69) is 10.2 Å². The van der Waals surface area contributed by atoms with E-state index in [1.807, 2.05) is 0 Å². The lowest BCUT2D eigenvalue weighted by molar-refractivity contribution is -0.00323. The van der Waals surface area contributed by atoms with Crippen LogP contribution >= 0.6 is 0 Å². The molecule has 0 aromatic heterocycles. The van der Waals surface area contributed by atoms with E-state index in [9.17, 15) is 4.21 Å². The van der Waals surface area contributed by atoms with Crippen LogP contribution in [0.3, 0.4) is 0 Å². The molecule has 2 saturated heterocycles. The monoisotopic (exact) mass is 286 g/mol. The Labute approximate surface area is 118 Å². The zero-order valence-electron chi connectivity index (χ0n) is 11.7. The Morgan fingerprint density at radius 3 is 2.53 bits per heavy atom. The molecule has 0 aromatic carbocycles. The molecule has 4 nitrogen and oxygen atoms in total. The Kier molecular flexibility index (Phi) is 4.57. The highest BCUT2D eigenvalue weighted by molar-refractivity contribution is 7.85. The number of hydrogen-bond donors (Lipinski definition) is 1. The third-order valence-corrected chi connectivity index (χ3v) is 6.00. The van der Waals surface area contributed by atoms with Crippen molar-refractivity contribution in [1.29, 1.82) is 0 Å². The average molecular weight is 286 g/mol. The second-order valence-electron chi connectivity index (χ2n) is 6.39. The van der Waals surface area contributed by atoms with Crippen LogP contribution in [0.5, 0.6) is 0 Å². The van der Waals surface area contributed by atoms with Crippen LogP contribution in [0.1, 0.15) is 25.7 Å². The van der Waals surface area contributed by atoms with Gasteiger partial charge in [-0.05, 0) is 31.1 Å². The predicted octanol–water partition coefficient (Wildman–Crippen LogP) is 0.600. The smallest absolute Gasteiger partial charge is 0.0472 e. The van der Waals surface area contributed by atoms with Gasteiger partial charge in [-0.2, -0.15) is 0 Å². The predicted molar refractivity (Wildman–Crippen MR) is 77.8 cm³/mol. The number of hydrogen-bond acceptors (Lipinski definition) is 4. The molecular formula is C14H26N2O2S. The summed E-state index contributed by atoms with van der Waals surface area (Å²) in [7, 11) is -0.564. The first-order chi connectivity index (χ1) is 9.26. The van der Waals surface area contributed by atoms with Crippen molar-refractivity contribution in [3.05, 3.63) is 0 Å². The van der Waals surface area contributed by atoms with Gasteiger partial charge in [-0.15, -0.1) is 0 Å². The fraction of sp³-hybridized carbons (Fsp3) is 1.00. The van der Waals surface area contributed by atoms with Crippen LogP contribution in [0.2, 0.25) is 0 Å². The summed E-state index contributed by atoms with van der Waals surface area (Å²) in [6.45, 7) is 6.14. The first-order valence-corrected chi connectivity index (χ1v) is 9.13. The molecule has 0 atom stereocenters. The number of nitrogens with one attached hydrogen (secondary N) is 1. The van der Waals surface area contributed by atoms with Crippen molar-refractivity contribution in [3.63, 3.8) is 0 Å². The van der Waals surface area contributed by atoms with Crippen LogP contribution in [0, 0.1) is 5.41 Å². The normalized spacial score (nSPS) is 29.5. The zero-order valence-corrected chi connectivity index (χ0v) is 12.6. The number of ether oxygens (including phenoxy) is 1. The molecule has 3 rings (SSSR count). The Balaban J connectivity index is 1.55. The Morgan fingerprint density at radius 2 is 1.89 bits per heavy atom. The van der Waals surface area contributed by atoms with E-state index in [1.165, 1.54) is 25.7 Å². The molecule has 0 amide bonds. The Bertz CT molecular complexity index is 317. The third-order valence-electron chi connectivity index (χ3n) is 4.73. The minimum Gasteiger partial charge on any atom is -0.381 e. The van der Waals surface area contributed by atoms with Gasteiger partial charge in [0.25, 0.3) is 0 Å². The molecule has 1 N–H and O–H groups in total. The molecule has 1 saturated carbocycles. The highest BCUT2D eigenvalue weighted by Crippen LogP contribution is 2.32. The van der Waals surface area contributed by atoms with Gasteiger partial charge in [-0.25, -0.2) is 0 Å². The van der Waals surface area contributed by atoms with E-state index < -0.39 is 10.8 Å². The van der Waals surface area contributed by atoms with Crippen LogP contribution in [0.15, 0.2) is 0 Å². The molecule has 3 aliphatic rings. The molecule has 1 aliphatic carbocycles. The average Bonchev–Trinajstić information content (AvgIpc) is 3.25. The van der Waals surface area contributed by atoms with Crippen LogP contribution in [-0.2, 0) is 15.5 Å². The molecule has 2 heterocycles. The van der Waals surface area contributed by atoms with E-state index in [4.69, 9.17) is 4.74 Å². The van der Waals surface area contributed by atoms with Gasteiger partial charge in [0, 0.05) is 67.7 Å². The summed E-state index contributed by atoms with van der Waals surface area (Å²) < 4.78 is 17.0. The highest BCUT2D eigenvalue weighted by atomic mass is 32.2. The van der Waals surface area contributed by atoms with Gasteiger partial charge in [0.15, 0.2) is 0 Å². The van der Waals surface area contributed by atoms with E-state index in [0.717, 1.165) is 56.9 Å². The van der Waals surface area contributed by atoms with Crippen LogP contribution in [0.4, 0.5) is 0 Å². The molecule has 110 valence electrons.